The maximum atomic E-state index is 13.0. The molecule has 1 unspecified atom stereocenters. The van der Waals surface area contributed by atoms with Crippen LogP contribution in [0.1, 0.15) is 47.3 Å². The van der Waals surface area contributed by atoms with Gasteiger partial charge in [-0.1, -0.05) is 6.07 Å². The summed E-state index contributed by atoms with van der Waals surface area (Å²) in [5.74, 6) is -0.288. The summed E-state index contributed by atoms with van der Waals surface area (Å²) in [7, 11) is 0. The first-order valence-electron chi connectivity index (χ1n) is 7.98. The molecule has 134 valence electrons. The fourth-order valence-corrected chi connectivity index (χ4v) is 2.65. The fraction of sp³-hybridized carbons (Fsp3) is 0.412. The van der Waals surface area contributed by atoms with Crippen LogP contribution in [0.5, 0.6) is 0 Å². The van der Waals surface area contributed by atoms with Gasteiger partial charge in [-0.15, -0.1) is 0 Å². The molecular weight excluding hydrogens is 335 g/mol. The van der Waals surface area contributed by atoms with Crippen molar-refractivity contribution in [1.29, 1.82) is 0 Å². The Morgan fingerprint density at radius 2 is 2.16 bits per heavy atom. The Labute approximate surface area is 142 Å². The Bertz CT molecular complexity index is 782. The number of carbonyl (C=O) groups excluding carboxylic acids is 1. The Kier molecular flexibility index (Phi) is 4.55. The average molecular weight is 353 g/mol. The number of nitrogens with one attached hydrogen (secondary N) is 1. The van der Waals surface area contributed by atoms with Gasteiger partial charge in [-0.25, -0.2) is 4.68 Å². The zero-order valence-corrected chi connectivity index (χ0v) is 13.5. The first-order chi connectivity index (χ1) is 11.8. The van der Waals surface area contributed by atoms with E-state index in [1.807, 2.05) is 0 Å². The number of alkyl halides is 3. The lowest BCUT2D eigenvalue weighted by molar-refractivity contribution is -0.137. The van der Waals surface area contributed by atoms with Gasteiger partial charge in [-0.3, -0.25) is 4.79 Å². The van der Waals surface area contributed by atoms with Crippen LogP contribution in [-0.2, 0) is 6.18 Å². The molecule has 1 aliphatic carbocycles. The van der Waals surface area contributed by atoms with Crippen molar-refractivity contribution in [2.75, 3.05) is 6.61 Å². The van der Waals surface area contributed by atoms with Crippen molar-refractivity contribution in [1.82, 2.24) is 15.1 Å². The topological polar surface area (TPSA) is 67.2 Å². The van der Waals surface area contributed by atoms with Gasteiger partial charge in [0.15, 0.2) is 0 Å². The Morgan fingerprint density at radius 3 is 2.76 bits per heavy atom. The van der Waals surface area contributed by atoms with Gasteiger partial charge in [-0.2, -0.15) is 18.3 Å². The molecule has 1 amide bonds. The first kappa shape index (κ1) is 17.5. The normalized spacial score (nSPS) is 15.9. The zero-order chi connectivity index (χ0) is 18.2. The number of carbonyl (C=O) groups is 1. The third-order valence-electron chi connectivity index (χ3n) is 4.08. The third-order valence-corrected chi connectivity index (χ3v) is 4.08. The molecule has 1 aromatic carbocycles. The predicted molar refractivity (Wildman–Crippen MR) is 84.6 cm³/mol. The second-order valence-corrected chi connectivity index (χ2v) is 6.23. The predicted octanol–water partition coefficient (Wildman–Crippen LogP) is 2.88. The molecule has 8 heteroatoms. The van der Waals surface area contributed by atoms with E-state index < -0.39 is 17.8 Å². The van der Waals surface area contributed by atoms with Crippen molar-refractivity contribution < 1.29 is 23.1 Å². The average Bonchev–Trinajstić information content (AvgIpc) is 3.31. The standard InChI is InChI=1S/C17H18F3N3O2/c1-10(9-24)22-16(25)14-8-21-23(15(14)11-5-6-11)13-4-2-3-12(7-13)17(18,19)20/h2-4,7-8,10-11,24H,5-6,9H2,1H3,(H,22,25). The van der Waals surface area contributed by atoms with Gasteiger partial charge < -0.3 is 10.4 Å². The van der Waals surface area contributed by atoms with E-state index in [2.05, 4.69) is 10.4 Å². The minimum Gasteiger partial charge on any atom is -0.394 e. The van der Waals surface area contributed by atoms with Gasteiger partial charge in [0.05, 0.1) is 35.3 Å². The van der Waals surface area contributed by atoms with Crippen LogP contribution in [0, 0.1) is 0 Å². The monoisotopic (exact) mass is 353 g/mol. The summed E-state index contributed by atoms with van der Waals surface area (Å²) in [4.78, 5) is 12.4. The minimum atomic E-state index is -4.44. The number of rotatable bonds is 5. The summed E-state index contributed by atoms with van der Waals surface area (Å²) in [5, 5.41) is 15.9. The molecule has 0 saturated heterocycles. The number of nitrogens with zero attached hydrogens (tertiary/aromatic N) is 2. The summed E-state index contributed by atoms with van der Waals surface area (Å²) >= 11 is 0. The van der Waals surface area contributed by atoms with Crippen molar-refractivity contribution in [3.05, 3.63) is 47.3 Å². The largest absolute Gasteiger partial charge is 0.416 e. The maximum Gasteiger partial charge on any atom is 0.416 e. The molecule has 1 atom stereocenters. The van der Waals surface area contributed by atoms with Gasteiger partial charge in [0.1, 0.15) is 0 Å². The van der Waals surface area contributed by atoms with Crippen LogP contribution in [0.4, 0.5) is 13.2 Å². The van der Waals surface area contributed by atoms with Crippen molar-refractivity contribution in [3.8, 4) is 5.69 Å². The molecule has 5 nitrogen and oxygen atoms in total. The summed E-state index contributed by atoms with van der Waals surface area (Å²) < 4.78 is 40.3. The summed E-state index contributed by atoms with van der Waals surface area (Å²) in [6.07, 6.45) is -1.35. The highest BCUT2D eigenvalue weighted by atomic mass is 19.4. The molecule has 25 heavy (non-hydrogen) atoms. The third kappa shape index (κ3) is 3.68. The van der Waals surface area contributed by atoms with E-state index in [0.29, 0.717) is 11.3 Å². The van der Waals surface area contributed by atoms with E-state index in [-0.39, 0.29) is 24.1 Å². The van der Waals surface area contributed by atoms with E-state index in [1.54, 1.807) is 6.92 Å². The molecule has 1 heterocycles. The van der Waals surface area contributed by atoms with E-state index in [1.165, 1.54) is 23.0 Å². The molecule has 1 fully saturated rings. The van der Waals surface area contributed by atoms with E-state index in [4.69, 9.17) is 5.11 Å². The SMILES string of the molecule is CC(CO)NC(=O)c1cnn(-c2cccc(C(F)(F)F)c2)c1C1CC1. The van der Waals surface area contributed by atoms with Gasteiger partial charge in [0.2, 0.25) is 0 Å². The van der Waals surface area contributed by atoms with Crippen molar-refractivity contribution in [2.24, 2.45) is 0 Å². The smallest absolute Gasteiger partial charge is 0.394 e. The quantitative estimate of drug-likeness (QED) is 0.869. The number of hydrogen-bond acceptors (Lipinski definition) is 3. The van der Waals surface area contributed by atoms with Crippen LogP contribution in [0.2, 0.25) is 0 Å². The Hall–Kier alpha value is -2.35. The van der Waals surface area contributed by atoms with E-state index >= 15 is 0 Å². The minimum absolute atomic E-state index is 0.0993. The molecule has 0 spiro atoms. The van der Waals surface area contributed by atoms with Crippen LogP contribution in [0.3, 0.4) is 0 Å². The number of halogens is 3. The lowest BCUT2D eigenvalue weighted by Crippen LogP contribution is -2.35. The van der Waals surface area contributed by atoms with Gasteiger partial charge in [0, 0.05) is 12.0 Å². The van der Waals surface area contributed by atoms with Crippen LogP contribution < -0.4 is 5.32 Å². The molecule has 2 aromatic rings. The molecule has 1 aliphatic rings. The zero-order valence-electron chi connectivity index (χ0n) is 13.5. The van der Waals surface area contributed by atoms with Crippen molar-refractivity contribution in [2.45, 2.75) is 37.9 Å². The second-order valence-electron chi connectivity index (χ2n) is 6.23. The van der Waals surface area contributed by atoms with Crippen LogP contribution in [0.15, 0.2) is 30.5 Å². The molecule has 1 aromatic heterocycles. The summed E-state index contributed by atoms with van der Waals surface area (Å²) in [6, 6.07) is 4.46. The fourth-order valence-electron chi connectivity index (χ4n) is 2.65. The molecule has 1 saturated carbocycles. The number of hydrogen-bond donors (Lipinski definition) is 2. The maximum absolute atomic E-state index is 13.0. The van der Waals surface area contributed by atoms with Gasteiger partial charge >= 0.3 is 6.18 Å². The first-order valence-corrected chi connectivity index (χ1v) is 7.98. The Balaban J connectivity index is 2.00. The number of aromatic nitrogens is 2. The number of aliphatic hydroxyl groups excluding tert-OH is 1. The number of benzene rings is 1. The van der Waals surface area contributed by atoms with E-state index in [9.17, 15) is 18.0 Å². The molecule has 0 aliphatic heterocycles. The molecule has 2 N–H and O–H groups in total. The Morgan fingerprint density at radius 1 is 1.44 bits per heavy atom. The van der Waals surface area contributed by atoms with Gasteiger partial charge in [-0.05, 0) is 38.0 Å². The van der Waals surface area contributed by atoms with Crippen molar-refractivity contribution >= 4 is 5.91 Å². The van der Waals surface area contributed by atoms with Crippen LogP contribution in [-0.4, -0.2) is 33.4 Å². The highest BCUT2D eigenvalue weighted by Gasteiger charge is 2.34. The highest BCUT2D eigenvalue weighted by molar-refractivity contribution is 5.95. The molecule has 0 bridgehead atoms. The molecule has 3 rings (SSSR count). The van der Waals surface area contributed by atoms with Crippen LogP contribution >= 0.6 is 0 Å². The number of amides is 1. The summed E-state index contributed by atoms with van der Waals surface area (Å²) in [5.41, 5.74) is 0.454. The second kappa shape index (κ2) is 6.51. The van der Waals surface area contributed by atoms with E-state index in [0.717, 1.165) is 25.0 Å². The lowest BCUT2D eigenvalue weighted by atomic mass is 10.1. The molecular formula is C17H18F3N3O2. The number of aliphatic hydroxyl groups is 1. The van der Waals surface area contributed by atoms with Gasteiger partial charge in [0.25, 0.3) is 5.91 Å². The molecule has 0 radical (unpaired) electrons. The highest BCUT2D eigenvalue weighted by Crippen LogP contribution is 2.42. The van der Waals surface area contributed by atoms with Crippen molar-refractivity contribution in [3.63, 3.8) is 0 Å². The summed E-state index contributed by atoms with van der Waals surface area (Å²) in [6.45, 7) is 1.46. The lowest BCUT2D eigenvalue weighted by Gasteiger charge is -2.13. The van der Waals surface area contributed by atoms with Crippen LogP contribution in [0.25, 0.3) is 5.69 Å².